The minimum Gasteiger partial charge on any atom is -0.464 e. The number of nitrogen functional groups attached to an aromatic ring is 1. The van der Waals surface area contributed by atoms with Crippen molar-refractivity contribution in [2.45, 2.75) is 20.3 Å². The summed E-state index contributed by atoms with van der Waals surface area (Å²) in [6, 6.07) is 7.25. The first-order valence-electron chi connectivity index (χ1n) is 7.33. The van der Waals surface area contributed by atoms with Crippen molar-refractivity contribution in [3.8, 4) is 11.8 Å². The van der Waals surface area contributed by atoms with E-state index in [4.69, 9.17) is 10.5 Å². The van der Waals surface area contributed by atoms with Crippen LogP contribution >= 0.6 is 0 Å². The molecule has 1 aromatic heterocycles. The Morgan fingerprint density at radius 1 is 1.42 bits per heavy atom. The number of methoxy groups -OCH3 is 1. The van der Waals surface area contributed by atoms with Crippen LogP contribution < -0.4 is 11.1 Å². The summed E-state index contributed by atoms with van der Waals surface area (Å²) in [5, 5.41) is 11.9. The Kier molecular flexibility index (Phi) is 4.90. The van der Waals surface area contributed by atoms with E-state index in [1.807, 2.05) is 19.1 Å². The molecule has 1 aromatic carbocycles. The molecule has 7 heteroatoms. The number of esters is 1. The van der Waals surface area contributed by atoms with Gasteiger partial charge in [-0.2, -0.15) is 5.26 Å². The van der Waals surface area contributed by atoms with Gasteiger partial charge in [0.15, 0.2) is 5.69 Å². The standard InChI is InChI=1S/C17H18N4O3/c1-4-14(22)20-12-6-5-10(2)13(7-12)21-9-11(8-18)15(19)16(21)17(23)24-3/h5-7,9H,4,19H2,1-3H3,(H,20,22). The number of aromatic nitrogens is 1. The van der Waals surface area contributed by atoms with Crippen LogP contribution in [0.5, 0.6) is 0 Å². The first-order valence-corrected chi connectivity index (χ1v) is 7.33. The SMILES string of the molecule is CCC(=O)Nc1ccc(C)c(-n2cc(C#N)c(N)c2C(=O)OC)c1. The van der Waals surface area contributed by atoms with Crippen LogP contribution in [0.1, 0.15) is 35.0 Å². The van der Waals surface area contributed by atoms with Crippen LogP contribution in [0.2, 0.25) is 0 Å². The van der Waals surface area contributed by atoms with Gasteiger partial charge in [-0.25, -0.2) is 4.79 Å². The van der Waals surface area contributed by atoms with Gasteiger partial charge in [0.2, 0.25) is 5.91 Å². The average Bonchev–Trinajstić information content (AvgIpc) is 2.92. The van der Waals surface area contributed by atoms with Gasteiger partial charge in [-0.05, 0) is 24.6 Å². The number of benzene rings is 1. The van der Waals surface area contributed by atoms with E-state index in [2.05, 4.69) is 5.32 Å². The third kappa shape index (κ3) is 3.08. The molecule has 0 aliphatic heterocycles. The van der Waals surface area contributed by atoms with E-state index in [1.54, 1.807) is 19.1 Å². The number of rotatable bonds is 4. The van der Waals surface area contributed by atoms with Crippen molar-refractivity contribution in [1.29, 1.82) is 5.26 Å². The van der Waals surface area contributed by atoms with Gasteiger partial charge in [0, 0.05) is 18.3 Å². The van der Waals surface area contributed by atoms with Gasteiger partial charge in [0.05, 0.1) is 24.0 Å². The number of anilines is 2. The van der Waals surface area contributed by atoms with E-state index in [0.717, 1.165) is 5.56 Å². The molecule has 24 heavy (non-hydrogen) atoms. The van der Waals surface area contributed by atoms with E-state index >= 15 is 0 Å². The molecular formula is C17H18N4O3. The molecule has 2 rings (SSSR count). The van der Waals surface area contributed by atoms with Crippen molar-refractivity contribution >= 4 is 23.3 Å². The molecule has 0 spiro atoms. The predicted molar refractivity (Wildman–Crippen MR) is 89.9 cm³/mol. The third-order valence-corrected chi connectivity index (χ3v) is 3.62. The predicted octanol–water partition coefficient (Wildman–Crippen LogP) is 2.37. The molecule has 1 amide bonds. The van der Waals surface area contributed by atoms with Crippen LogP contribution in [0.4, 0.5) is 11.4 Å². The Labute approximate surface area is 139 Å². The molecule has 7 nitrogen and oxygen atoms in total. The summed E-state index contributed by atoms with van der Waals surface area (Å²) in [4.78, 5) is 23.7. The fourth-order valence-corrected chi connectivity index (χ4v) is 2.30. The smallest absolute Gasteiger partial charge is 0.357 e. The van der Waals surface area contributed by atoms with Crippen LogP contribution in [0.3, 0.4) is 0 Å². The number of hydrogen-bond acceptors (Lipinski definition) is 5. The van der Waals surface area contributed by atoms with Crippen LogP contribution in [-0.2, 0) is 9.53 Å². The van der Waals surface area contributed by atoms with Gasteiger partial charge in [0.1, 0.15) is 6.07 Å². The molecule has 0 unspecified atom stereocenters. The number of nitrogens with one attached hydrogen (secondary N) is 1. The molecule has 0 saturated heterocycles. The molecule has 0 saturated carbocycles. The van der Waals surface area contributed by atoms with E-state index in [1.165, 1.54) is 17.9 Å². The second kappa shape index (κ2) is 6.87. The number of nitrogens with zero attached hydrogens (tertiary/aromatic N) is 2. The molecule has 1 heterocycles. The second-order valence-electron chi connectivity index (χ2n) is 5.18. The topological polar surface area (TPSA) is 110 Å². The maximum Gasteiger partial charge on any atom is 0.357 e. The second-order valence-corrected chi connectivity index (χ2v) is 5.18. The molecule has 0 bridgehead atoms. The molecule has 3 N–H and O–H groups in total. The zero-order chi connectivity index (χ0) is 17.9. The number of ether oxygens (including phenoxy) is 1. The highest BCUT2D eigenvalue weighted by atomic mass is 16.5. The molecular weight excluding hydrogens is 308 g/mol. The number of nitrogens with two attached hydrogens (primary N) is 1. The lowest BCUT2D eigenvalue weighted by atomic mass is 10.1. The Morgan fingerprint density at radius 3 is 2.71 bits per heavy atom. The molecule has 0 aliphatic rings. The van der Waals surface area contributed by atoms with Gasteiger partial charge < -0.3 is 20.4 Å². The summed E-state index contributed by atoms with van der Waals surface area (Å²) in [7, 11) is 1.25. The fourth-order valence-electron chi connectivity index (χ4n) is 2.30. The van der Waals surface area contributed by atoms with E-state index in [9.17, 15) is 14.9 Å². The lowest BCUT2D eigenvalue weighted by Crippen LogP contribution is -2.13. The van der Waals surface area contributed by atoms with Gasteiger partial charge >= 0.3 is 5.97 Å². The summed E-state index contributed by atoms with van der Waals surface area (Å²) in [6.07, 6.45) is 1.83. The molecule has 0 radical (unpaired) electrons. The average molecular weight is 326 g/mol. The Hall–Kier alpha value is -3.27. The van der Waals surface area contributed by atoms with Crippen LogP contribution in [0, 0.1) is 18.3 Å². The third-order valence-electron chi connectivity index (χ3n) is 3.62. The number of carbonyl (C=O) groups is 2. The lowest BCUT2D eigenvalue weighted by Gasteiger charge is -2.13. The van der Waals surface area contributed by atoms with Crippen LogP contribution in [0.15, 0.2) is 24.4 Å². The number of carbonyl (C=O) groups excluding carboxylic acids is 2. The van der Waals surface area contributed by atoms with E-state index < -0.39 is 5.97 Å². The van der Waals surface area contributed by atoms with Gasteiger partial charge in [-0.1, -0.05) is 13.0 Å². The van der Waals surface area contributed by atoms with Crippen molar-refractivity contribution in [3.63, 3.8) is 0 Å². The van der Waals surface area contributed by atoms with E-state index in [0.29, 0.717) is 17.8 Å². The summed E-state index contributed by atoms with van der Waals surface area (Å²) >= 11 is 0. The largest absolute Gasteiger partial charge is 0.464 e. The summed E-state index contributed by atoms with van der Waals surface area (Å²) < 4.78 is 6.28. The Morgan fingerprint density at radius 2 is 2.12 bits per heavy atom. The first-order chi connectivity index (χ1) is 11.4. The van der Waals surface area contributed by atoms with Crippen molar-refractivity contribution in [2.75, 3.05) is 18.2 Å². The molecule has 0 atom stereocenters. The maximum atomic E-state index is 12.1. The Bertz CT molecular complexity index is 846. The maximum absolute atomic E-state index is 12.1. The van der Waals surface area contributed by atoms with E-state index in [-0.39, 0.29) is 22.9 Å². The number of amides is 1. The highest BCUT2D eigenvalue weighted by molar-refractivity contribution is 5.96. The summed E-state index contributed by atoms with van der Waals surface area (Å²) in [5.74, 6) is -0.765. The monoisotopic (exact) mass is 326 g/mol. The van der Waals surface area contributed by atoms with Gasteiger partial charge in [-0.3, -0.25) is 4.79 Å². The Balaban J connectivity index is 2.63. The summed E-state index contributed by atoms with van der Waals surface area (Å²) in [6.45, 7) is 3.61. The molecule has 2 aromatic rings. The zero-order valence-corrected chi connectivity index (χ0v) is 13.7. The zero-order valence-electron chi connectivity index (χ0n) is 13.7. The fraction of sp³-hybridized carbons (Fsp3) is 0.235. The van der Waals surface area contributed by atoms with Crippen molar-refractivity contribution in [3.05, 3.63) is 41.2 Å². The molecule has 0 aliphatic carbocycles. The minimum absolute atomic E-state index is 0.0618. The minimum atomic E-state index is -0.642. The quantitative estimate of drug-likeness (QED) is 0.838. The highest BCUT2D eigenvalue weighted by Gasteiger charge is 2.22. The summed E-state index contributed by atoms with van der Waals surface area (Å²) in [5.41, 5.74) is 8.28. The van der Waals surface area contributed by atoms with Gasteiger partial charge in [-0.15, -0.1) is 0 Å². The van der Waals surface area contributed by atoms with Crippen LogP contribution in [-0.4, -0.2) is 23.6 Å². The lowest BCUT2D eigenvalue weighted by molar-refractivity contribution is -0.115. The molecule has 124 valence electrons. The first kappa shape index (κ1) is 17.1. The van der Waals surface area contributed by atoms with Gasteiger partial charge in [0.25, 0.3) is 0 Å². The normalized spacial score (nSPS) is 10.1. The highest BCUT2D eigenvalue weighted by Crippen LogP contribution is 2.28. The number of hydrogen-bond donors (Lipinski definition) is 2. The van der Waals surface area contributed by atoms with Crippen molar-refractivity contribution < 1.29 is 14.3 Å². The van der Waals surface area contributed by atoms with Crippen molar-refractivity contribution in [1.82, 2.24) is 4.57 Å². The molecule has 0 fully saturated rings. The van der Waals surface area contributed by atoms with Crippen LogP contribution in [0.25, 0.3) is 5.69 Å². The number of nitriles is 1. The van der Waals surface area contributed by atoms with Crippen molar-refractivity contribution in [2.24, 2.45) is 0 Å². The number of aryl methyl sites for hydroxylation is 1.